The van der Waals surface area contributed by atoms with Gasteiger partial charge in [-0.25, -0.2) is 4.98 Å². The maximum absolute atomic E-state index is 6.27. The highest BCUT2D eigenvalue weighted by atomic mass is 32.1. The first-order chi connectivity index (χ1) is 9.90. The highest BCUT2D eigenvalue weighted by molar-refractivity contribution is 7.15. The van der Waals surface area contributed by atoms with Gasteiger partial charge in [0, 0.05) is 10.4 Å². The van der Waals surface area contributed by atoms with Gasteiger partial charge in [0.05, 0.1) is 25.5 Å². The summed E-state index contributed by atoms with van der Waals surface area (Å²) in [6.07, 6.45) is 0.860. The Bertz CT molecular complexity index is 630. The lowest BCUT2D eigenvalue weighted by molar-refractivity contribution is 0.404. The summed E-state index contributed by atoms with van der Waals surface area (Å²) >= 11 is 1.62. The Morgan fingerprint density at radius 1 is 1.24 bits per heavy atom. The summed E-state index contributed by atoms with van der Waals surface area (Å²) in [7, 11) is 3.31. The van der Waals surface area contributed by atoms with E-state index in [9.17, 15) is 0 Å². The first-order valence-corrected chi connectivity index (χ1v) is 7.73. The Morgan fingerprint density at radius 2 is 1.95 bits per heavy atom. The molecular weight excluding hydrogens is 284 g/mol. The van der Waals surface area contributed by atoms with Gasteiger partial charge in [-0.3, -0.25) is 0 Å². The fourth-order valence-corrected chi connectivity index (χ4v) is 3.38. The number of benzene rings is 1. The number of nitrogens with two attached hydrogens (primary N) is 1. The van der Waals surface area contributed by atoms with E-state index in [0.717, 1.165) is 39.1 Å². The Balaban J connectivity index is 2.59. The molecule has 2 rings (SSSR count). The van der Waals surface area contributed by atoms with Crippen molar-refractivity contribution in [3.05, 3.63) is 28.8 Å². The molecule has 5 heteroatoms. The van der Waals surface area contributed by atoms with Crippen molar-refractivity contribution in [3.8, 4) is 22.1 Å². The molecule has 0 fully saturated rings. The summed E-state index contributed by atoms with van der Waals surface area (Å²) in [5.41, 5.74) is 7.86. The predicted octanol–water partition coefficient (Wildman–Crippen LogP) is 3.58. The standard InChI is InChI=1S/C16H22N2O2S/c1-6-12-14(16(2,3)17)21-15(18-12)11-9-10(19-4)7-8-13(11)20-5/h7-9H,6,17H2,1-5H3. The third-order valence-corrected chi connectivity index (χ3v) is 4.72. The fourth-order valence-electron chi connectivity index (χ4n) is 2.19. The van der Waals surface area contributed by atoms with Crippen LogP contribution in [0.1, 0.15) is 31.3 Å². The molecule has 1 aromatic heterocycles. The van der Waals surface area contributed by atoms with Gasteiger partial charge in [-0.2, -0.15) is 0 Å². The SMILES string of the molecule is CCc1nc(-c2cc(OC)ccc2OC)sc1C(C)(C)N. The molecule has 0 aliphatic carbocycles. The van der Waals surface area contributed by atoms with Crippen LogP contribution in [0.5, 0.6) is 11.5 Å². The van der Waals surface area contributed by atoms with Crippen LogP contribution in [0.2, 0.25) is 0 Å². The van der Waals surface area contributed by atoms with E-state index in [4.69, 9.17) is 20.2 Å². The summed E-state index contributed by atoms with van der Waals surface area (Å²) in [5, 5.41) is 0.913. The van der Waals surface area contributed by atoms with Gasteiger partial charge in [-0.1, -0.05) is 6.92 Å². The molecular formula is C16H22N2O2S. The van der Waals surface area contributed by atoms with E-state index in [1.807, 2.05) is 32.0 Å². The molecule has 21 heavy (non-hydrogen) atoms. The van der Waals surface area contributed by atoms with Crippen molar-refractivity contribution in [2.24, 2.45) is 5.73 Å². The van der Waals surface area contributed by atoms with Crippen molar-refractivity contribution < 1.29 is 9.47 Å². The maximum Gasteiger partial charge on any atom is 0.129 e. The van der Waals surface area contributed by atoms with Gasteiger partial charge in [0.15, 0.2) is 0 Å². The van der Waals surface area contributed by atoms with Crippen molar-refractivity contribution in [1.29, 1.82) is 0 Å². The molecule has 1 heterocycles. The van der Waals surface area contributed by atoms with Gasteiger partial charge >= 0.3 is 0 Å². The molecule has 0 bridgehead atoms. The molecule has 0 aliphatic heterocycles. The minimum atomic E-state index is -0.395. The molecule has 114 valence electrons. The lowest BCUT2D eigenvalue weighted by atomic mass is 10.0. The second kappa shape index (κ2) is 6.03. The Labute approximate surface area is 129 Å². The van der Waals surface area contributed by atoms with Crippen LogP contribution in [0, 0.1) is 0 Å². The van der Waals surface area contributed by atoms with Crippen molar-refractivity contribution in [2.45, 2.75) is 32.7 Å². The van der Waals surface area contributed by atoms with Crippen LogP contribution >= 0.6 is 11.3 Å². The molecule has 0 saturated heterocycles. The zero-order valence-electron chi connectivity index (χ0n) is 13.2. The first-order valence-electron chi connectivity index (χ1n) is 6.92. The molecule has 0 radical (unpaired) electrons. The largest absolute Gasteiger partial charge is 0.497 e. The third kappa shape index (κ3) is 3.19. The summed E-state index contributed by atoms with van der Waals surface area (Å²) in [5.74, 6) is 1.57. The zero-order valence-corrected chi connectivity index (χ0v) is 14.0. The minimum absolute atomic E-state index is 0.395. The predicted molar refractivity (Wildman–Crippen MR) is 87.2 cm³/mol. The molecule has 1 aromatic carbocycles. The molecule has 2 aromatic rings. The lowest BCUT2D eigenvalue weighted by Crippen LogP contribution is -2.28. The molecule has 0 saturated carbocycles. The van der Waals surface area contributed by atoms with Crippen LogP contribution in [0.15, 0.2) is 18.2 Å². The number of aromatic nitrogens is 1. The van der Waals surface area contributed by atoms with E-state index in [1.54, 1.807) is 25.6 Å². The van der Waals surface area contributed by atoms with Gasteiger partial charge in [-0.05, 0) is 38.5 Å². The summed E-state index contributed by atoms with van der Waals surface area (Å²) in [4.78, 5) is 5.87. The molecule has 0 aliphatic rings. The van der Waals surface area contributed by atoms with Crippen molar-refractivity contribution in [3.63, 3.8) is 0 Å². The minimum Gasteiger partial charge on any atom is -0.497 e. The zero-order chi connectivity index (χ0) is 15.6. The first kappa shape index (κ1) is 15.8. The molecule has 0 amide bonds. The van der Waals surface area contributed by atoms with Crippen LogP contribution in [0.25, 0.3) is 10.6 Å². The normalized spacial score (nSPS) is 11.5. The number of methoxy groups -OCH3 is 2. The van der Waals surface area contributed by atoms with Crippen LogP contribution in [-0.4, -0.2) is 19.2 Å². The highest BCUT2D eigenvalue weighted by Crippen LogP contribution is 2.39. The number of ether oxygens (including phenoxy) is 2. The van der Waals surface area contributed by atoms with Gasteiger partial charge in [-0.15, -0.1) is 11.3 Å². The summed E-state index contributed by atoms with van der Waals surface area (Å²) in [6, 6.07) is 5.73. The monoisotopic (exact) mass is 306 g/mol. The van der Waals surface area contributed by atoms with Gasteiger partial charge in [0.1, 0.15) is 16.5 Å². The molecule has 0 spiro atoms. The molecule has 0 unspecified atom stereocenters. The average molecular weight is 306 g/mol. The van der Waals surface area contributed by atoms with Gasteiger partial charge in [0.25, 0.3) is 0 Å². The topological polar surface area (TPSA) is 57.4 Å². The molecule has 0 atom stereocenters. The van der Waals surface area contributed by atoms with Crippen LogP contribution in [-0.2, 0) is 12.0 Å². The van der Waals surface area contributed by atoms with Crippen molar-refractivity contribution in [2.75, 3.05) is 14.2 Å². The summed E-state index contributed by atoms with van der Waals surface area (Å²) in [6.45, 7) is 6.11. The second-order valence-electron chi connectivity index (χ2n) is 5.44. The van der Waals surface area contributed by atoms with E-state index in [2.05, 4.69) is 6.92 Å². The molecule has 4 nitrogen and oxygen atoms in total. The average Bonchev–Trinajstić information content (AvgIpc) is 2.90. The number of hydrogen-bond acceptors (Lipinski definition) is 5. The smallest absolute Gasteiger partial charge is 0.129 e. The number of thiazole rings is 1. The lowest BCUT2D eigenvalue weighted by Gasteiger charge is -2.17. The van der Waals surface area contributed by atoms with Crippen molar-refractivity contribution >= 4 is 11.3 Å². The van der Waals surface area contributed by atoms with E-state index in [-0.39, 0.29) is 0 Å². The quantitative estimate of drug-likeness (QED) is 0.917. The van der Waals surface area contributed by atoms with Crippen LogP contribution < -0.4 is 15.2 Å². The second-order valence-corrected chi connectivity index (χ2v) is 6.44. The third-order valence-electron chi connectivity index (χ3n) is 3.25. The van der Waals surface area contributed by atoms with Crippen LogP contribution in [0.4, 0.5) is 0 Å². The number of hydrogen-bond donors (Lipinski definition) is 1. The number of nitrogens with zero attached hydrogens (tertiary/aromatic N) is 1. The fraction of sp³-hybridized carbons (Fsp3) is 0.438. The van der Waals surface area contributed by atoms with E-state index >= 15 is 0 Å². The Hall–Kier alpha value is -1.59. The van der Waals surface area contributed by atoms with Gasteiger partial charge < -0.3 is 15.2 Å². The maximum atomic E-state index is 6.27. The summed E-state index contributed by atoms with van der Waals surface area (Å²) < 4.78 is 10.8. The van der Waals surface area contributed by atoms with E-state index < -0.39 is 5.54 Å². The number of rotatable bonds is 5. The highest BCUT2D eigenvalue weighted by Gasteiger charge is 2.24. The Kier molecular flexibility index (Phi) is 4.54. The van der Waals surface area contributed by atoms with Crippen molar-refractivity contribution in [1.82, 2.24) is 4.98 Å². The van der Waals surface area contributed by atoms with Gasteiger partial charge in [0.2, 0.25) is 0 Å². The van der Waals surface area contributed by atoms with E-state index in [0.29, 0.717) is 0 Å². The number of aryl methyl sites for hydroxylation is 1. The van der Waals surface area contributed by atoms with Crippen LogP contribution in [0.3, 0.4) is 0 Å². The molecule has 2 N–H and O–H groups in total. The Morgan fingerprint density at radius 3 is 2.43 bits per heavy atom. The van der Waals surface area contributed by atoms with E-state index in [1.165, 1.54) is 0 Å².